The van der Waals surface area contributed by atoms with Gasteiger partial charge >= 0.3 is 0 Å². The second-order valence-electron chi connectivity index (χ2n) is 3.79. The zero-order valence-electron chi connectivity index (χ0n) is 7.80. The van der Waals surface area contributed by atoms with E-state index in [0.717, 1.165) is 19.3 Å². The van der Waals surface area contributed by atoms with Crippen LogP contribution in [0.2, 0.25) is 0 Å². The highest BCUT2D eigenvalue weighted by Crippen LogP contribution is 2.27. The van der Waals surface area contributed by atoms with Crippen LogP contribution in [0.15, 0.2) is 0 Å². The molecule has 0 rings (SSSR count). The van der Waals surface area contributed by atoms with Crippen LogP contribution in [0, 0.1) is 5.41 Å². The lowest BCUT2D eigenvalue weighted by Gasteiger charge is -2.28. The van der Waals surface area contributed by atoms with Gasteiger partial charge in [0, 0.05) is 0 Å². The Bertz CT molecular complexity index is 99.7. The summed E-state index contributed by atoms with van der Waals surface area (Å²) in [5.41, 5.74) is -0.134. The maximum atomic E-state index is 9.36. The standard InChI is InChI=1S/C9H20O2/c1-4-5-6-9(2,3)8(11)7-10/h8,10-11H,4-7H2,1-3H3. The van der Waals surface area contributed by atoms with E-state index in [4.69, 9.17) is 5.11 Å². The average Bonchev–Trinajstić information content (AvgIpc) is 1.99. The van der Waals surface area contributed by atoms with Crippen LogP contribution in [-0.4, -0.2) is 22.9 Å². The summed E-state index contributed by atoms with van der Waals surface area (Å²) < 4.78 is 0. The van der Waals surface area contributed by atoms with Crippen molar-refractivity contribution in [2.75, 3.05) is 6.61 Å². The molecular formula is C9H20O2. The van der Waals surface area contributed by atoms with Crippen LogP contribution in [0.25, 0.3) is 0 Å². The van der Waals surface area contributed by atoms with Crippen molar-refractivity contribution in [3.63, 3.8) is 0 Å². The molecule has 1 atom stereocenters. The van der Waals surface area contributed by atoms with E-state index in [9.17, 15) is 5.11 Å². The van der Waals surface area contributed by atoms with Gasteiger partial charge in [0.25, 0.3) is 0 Å². The minimum absolute atomic E-state index is 0.128. The minimum atomic E-state index is -0.575. The normalized spacial score (nSPS) is 15.0. The van der Waals surface area contributed by atoms with Crippen molar-refractivity contribution in [1.29, 1.82) is 0 Å². The van der Waals surface area contributed by atoms with Crippen LogP contribution in [0.1, 0.15) is 40.0 Å². The topological polar surface area (TPSA) is 40.5 Å². The highest BCUT2D eigenvalue weighted by atomic mass is 16.3. The van der Waals surface area contributed by atoms with Crippen LogP contribution in [-0.2, 0) is 0 Å². The summed E-state index contributed by atoms with van der Waals surface area (Å²) in [6.45, 7) is 5.98. The van der Waals surface area contributed by atoms with Crippen LogP contribution in [0.4, 0.5) is 0 Å². The predicted octanol–water partition coefficient (Wildman–Crippen LogP) is 1.56. The third-order valence-electron chi connectivity index (χ3n) is 2.25. The smallest absolute Gasteiger partial charge is 0.0821 e. The van der Waals surface area contributed by atoms with Crippen LogP contribution in [0.3, 0.4) is 0 Å². The molecule has 0 bridgehead atoms. The Morgan fingerprint density at radius 3 is 2.27 bits per heavy atom. The van der Waals surface area contributed by atoms with Crippen molar-refractivity contribution in [2.24, 2.45) is 5.41 Å². The van der Waals surface area contributed by atoms with Gasteiger partial charge in [0.05, 0.1) is 12.7 Å². The largest absolute Gasteiger partial charge is 0.394 e. The van der Waals surface area contributed by atoms with Gasteiger partial charge in [-0.3, -0.25) is 0 Å². The molecule has 2 N–H and O–H groups in total. The second-order valence-corrected chi connectivity index (χ2v) is 3.79. The maximum absolute atomic E-state index is 9.36. The Labute approximate surface area is 69.2 Å². The van der Waals surface area contributed by atoms with E-state index in [1.807, 2.05) is 13.8 Å². The minimum Gasteiger partial charge on any atom is -0.394 e. The summed E-state index contributed by atoms with van der Waals surface area (Å²) in [5.74, 6) is 0. The Kier molecular flexibility index (Phi) is 4.69. The highest BCUT2D eigenvalue weighted by molar-refractivity contribution is 4.76. The van der Waals surface area contributed by atoms with Crippen molar-refractivity contribution in [3.8, 4) is 0 Å². The molecule has 0 aliphatic heterocycles. The van der Waals surface area contributed by atoms with E-state index in [1.54, 1.807) is 0 Å². The van der Waals surface area contributed by atoms with Gasteiger partial charge in [-0.05, 0) is 11.8 Å². The lowest BCUT2D eigenvalue weighted by atomic mass is 9.82. The summed E-state index contributed by atoms with van der Waals surface area (Å²) >= 11 is 0. The van der Waals surface area contributed by atoms with Gasteiger partial charge < -0.3 is 10.2 Å². The number of aliphatic hydroxyl groups excluding tert-OH is 2. The fraction of sp³-hybridized carbons (Fsp3) is 1.00. The van der Waals surface area contributed by atoms with E-state index < -0.39 is 6.10 Å². The second kappa shape index (κ2) is 4.73. The van der Waals surface area contributed by atoms with Crippen molar-refractivity contribution in [2.45, 2.75) is 46.1 Å². The molecule has 0 saturated carbocycles. The molecule has 0 amide bonds. The van der Waals surface area contributed by atoms with E-state index >= 15 is 0 Å². The van der Waals surface area contributed by atoms with Crippen molar-refractivity contribution in [3.05, 3.63) is 0 Å². The van der Waals surface area contributed by atoms with Gasteiger partial charge in [-0.1, -0.05) is 33.6 Å². The first kappa shape index (κ1) is 10.9. The number of hydrogen-bond donors (Lipinski definition) is 2. The van der Waals surface area contributed by atoms with Gasteiger partial charge in [-0.2, -0.15) is 0 Å². The third kappa shape index (κ3) is 3.73. The molecule has 2 heteroatoms. The van der Waals surface area contributed by atoms with Gasteiger partial charge in [-0.25, -0.2) is 0 Å². The monoisotopic (exact) mass is 160 g/mol. The Morgan fingerprint density at radius 2 is 1.91 bits per heavy atom. The van der Waals surface area contributed by atoms with Crippen molar-refractivity contribution >= 4 is 0 Å². The Hall–Kier alpha value is -0.0800. The number of aliphatic hydroxyl groups is 2. The van der Waals surface area contributed by atoms with E-state index in [0.29, 0.717) is 0 Å². The van der Waals surface area contributed by atoms with Gasteiger partial charge in [0.2, 0.25) is 0 Å². The molecule has 0 aliphatic carbocycles. The molecule has 0 saturated heterocycles. The quantitative estimate of drug-likeness (QED) is 0.640. The summed E-state index contributed by atoms with van der Waals surface area (Å²) in [7, 11) is 0. The number of unbranched alkanes of at least 4 members (excludes halogenated alkanes) is 1. The third-order valence-corrected chi connectivity index (χ3v) is 2.25. The van der Waals surface area contributed by atoms with Crippen molar-refractivity contribution < 1.29 is 10.2 Å². The Morgan fingerprint density at radius 1 is 1.36 bits per heavy atom. The Balaban J connectivity index is 3.77. The van der Waals surface area contributed by atoms with Gasteiger partial charge in [-0.15, -0.1) is 0 Å². The molecule has 1 unspecified atom stereocenters. The molecule has 11 heavy (non-hydrogen) atoms. The van der Waals surface area contributed by atoms with E-state index in [1.165, 1.54) is 0 Å². The fourth-order valence-corrected chi connectivity index (χ4v) is 1.05. The molecular weight excluding hydrogens is 140 g/mol. The zero-order chi connectivity index (χ0) is 8.91. The van der Waals surface area contributed by atoms with Gasteiger partial charge in [0.15, 0.2) is 0 Å². The predicted molar refractivity (Wildman–Crippen MR) is 46.4 cm³/mol. The molecule has 0 aromatic carbocycles. The maximum Gasteiger partial charge on any atom is 0.0821 e. The SMILES string of the molecule is CCCCC(C)(C)C(O)CO. The molecule has 0 aliphatic rings. The van der Waals surface area contributed by atoms with E-state index in [2.05, 4.69) is 6.92 Å². The number of hydrogen-bond acceptors (Lipinski definition) is 2. The van der Waals surface area contributed by atoms with Crippen LogP contribution < -0.4 is 0 Å². The first-order valence-electron chi connectivity index (χ1n) is 4.33. The summed E-state index contributed by atoms with van der Waals surface area (Å²) in [5, 5.41) is 18.1. The molecule has 68 valence electrons. The average molecular weight is 160 g/mol. The lowest BCUT2D eigenvalue weighted by molar-refractivity contribution is -0.00181. The van der Waals surface area contributed by atoms with E-state index in [-0.39, 0.29) is 12.0 Å². The zero-order valence-corrected chi connectivity index (χ0v) is 7.80. The highest BCUT2D eigenvalue weighted by Gasteiger charge is 2.25. The first-order valence-corrected chi connectivity index (χ1v) is 4.33. The molecule has 0 fully saturated rings. The van der Waals surface area contributed by atoms with Crippen molar-refractivity contribution in [1.82, 2.24) is 0 Å². The van der Waals surface area contributed by atoms with Crippen LogP contribution >= 0.6 is 0 Å². The molecule has 0 aromatic rings. The molecule has 0 heterocycles. The summed E-state index contributed by atoms with van der Waals surface area (Å²) in [6.07, 6.45) is 2.66. The lowest BCUT2D eigenvalue weighted by Crippen LogP contribution is -2.32. The first-order chi connectivity index (χ1) is 5.04. The summed E-state index contributed by atoms with van der Waals surface area (Å²) in [6, 6.07) is 0. The summed E-state index contributed by atoms with van der Waals surface area (Å²) in [4.78, 5) is 0. The van der Waals surface area contributed by atoms with Gasteiger partial charge in [0.1, 0.15) is 0 Å². The molecule has 0 aromatic heterocycles. The van der Waals surface area contributed by atoms with Crippen LogP contribution in [0.5, 0.6) is 0 Å². The molecule has 0 radical (unpaired) electrons. The molecule has 2 nitrogen and oxygen atoms in total. The number of rotatable bonds is 5. The fourth-order valence-electron chi connectivity index (χ4n) is 1.05. The molecule has 0 spiro atoms.